The van der Waals surface area contributed by atoms with Crippen LogP contribution in [0.15, 0.2) is 36.4 Å². The molecule has 33 heavy (non-hydrogen) atoms. The molecule has 178 valence electrons. The molecule has 0 radical (unpaired) electrons. The van der Waals surface area contributed by atoms with E-state index in [1.165, 1.54) is 0 Å². The number of hydrogen-bond donors (Lipinski definition) is 0. The van der Waals surface area contributed by atoms with Crippen LogP contribution < -0.4 is 14.5 Å². The van der Waals surface area contributed by atoms with E-state index in [9.17, 15) is 4.79 Å². The topological polar surface area (TPSA) is 48.9 Å². The fourth-order valence-electron chi connectivity index (χ4n) is 4.00. The number of carbonyl (C=O) groups excluding carboxylic acids is 1. The Morgan fingerprint density at radius 2 is 1.61 bits per heavy atom. The van der Waals surface area contributed by atoms with Gasteiger partial charge in [-0.1, -0.05) is 31.3 Å². The van der Waals surface area contributed by atoms with Gasteiger partial charge < -0.3 is 14.5 Å². The molecule has 7 heteroatoms. The Hall–Kier alpha value is -2.64. The number of hydrogen-bond acceptors (Lipinski definition) is 6. The maximum Gasteiger partial charge on any atom is 0.260 e. The zero-order valence-electron chi connectivity index (χ0n) is 20.7. The molecule has 0 saturated heterocycles. The second-order valence-electron chi connectivity index (χ2n) is 7.96. The van der Waals surface area contributed by atoms with Crippen molar-refractivity contribution in [1.29, 1.82) is 0 Å². The molecular formula is C26H36N4O2S. The lowest BCUT2D eigenvalue weighted by Crippen LogP contribution is -2.38. The van der Waals surface area contributed by atoms with Gasteiger partial charge in [0.15, 0.2) is 5.13 Å². The van der Waals surface area contributed by atoms with Crippen LogP contribution in [0, 0.1) is 6.92 Å². The lowest BCUT2D eigenvalue weighted by molar-refractivity contribution is 0.0984. The molecule has 3 aromatic rings. The summed E-state index contributed by atoms with van der Waals surface area (Å²) in [6.07, 6.45) is 0. The number of amides is 1. The third-order valence-electron chi connectivity index (χ3n) is 6.17. The maximum absolute atomic E-state index is 13.7. The summed E-state index contributed by atoms with van der Waals surface area (Å²) < 4.78 is 6.60. The van der Waals surface area contributed by atoms with E-state index in [1.807, 2.05) is 41.3 Å². The number of fused-ring (bicyclic) bond motifs is 1. The van der Waals surface area contributed by atoms with E-state index in [2.05, 4.69) is 44.4 Å². The van der Waals surface area contributed by atoms with Crippen molar-refractivity contribution in [2.24, 2.45) is 0 Å². The van der Waals surface area contributed by atoms with Gasteiger partial charge in [0.25, 0.3) is 5.91 Å². The molecule has 0 N–H and O–H groups in total. The van der Waals surface area contributed by atoms with Gasteiger partial charge in [0.1, 0.15) is 11.3 Å². The van der Waals surface area contributed by atoms with Crippen molar-refractivity contribution in [3.63, 3.8) is 0 Å². The highest BCUT2D eigenvalue weighted by molar-refractivity contribution is 7.22. The van der Waals surface area contributed by atoms with E-state index in [0.29, 0.717) is 17.2 Å². The first-order chi connectivity index (χ1) is 16.0. The summed E-state index contributed by atoms with van der Waals surface area (Å²) in [4.78, 5) is 25.0. The molecule has 2 aromatic carbocycles. The lowest BCUT2D eigenvalue weighted by Gasteiger charge is -2.25. The average molecular weight is 469 g/mol. The molecule has 0 aliphatic rings. The molecule has 0 bridgehead atoms. The number of aromatic nitrogens is 1. The Labute approximate surface area is 201 Å². The largest absolute Gasteiger partial charge is 0.494 e. The predicted molar refractivity (Wildman–Crippen MR) is 140 cm³/mol. The van der Waals surface area contributed by atoms with Gasteiger partial charge in [-0.3, -0.25) is 9.69 Å². The Bertz CT molecular complexity index is 1060. The van der Waals surface area contributed by atoms with Crippen LogP contribution in [0.5, 0.6) is 5.75 Å². The minimum Gasteiger partial charge on any atom is -0.494 e. The number of ether oxygens (including phenoxy) is 1. The Balaban J connectivity index is 1.98. The van der Waals surface area contributed by atoms with E-state index >= 15 is 0 Å². The van der Waals surface area contributed by atoms with Gasteiger partial charge in [0.05, 0.1) is 11.8 Å². The number of thiazole rings is 1. The molecule has 0 unspecified atom stereocenters. The number of carbonyl (C=O) groups is 1. The van der Waals surface area contributed by atoms with Gasteiger partial charge in [-0.05, 0) is 69.8 Å². The summed E-state index contributed by atoms with van der Waals surface area (Å²) in [7, 11) is 1.66. The lowest BCUT2D eigenvalue weighted by atomic mass is 10.1. The molecular weight excluding hydrogens is 432 g/mol. The molecule has 0 atom stereocenters. The predicted octanol–water partition coefficient (Wildman–Crippen LogP) is 5.45. The van der Waals surface area contributed by atoms with E-state index < -0.39 is 0 Å². The van der Waals surface area contributed by atoms with E-state index in [-0.39, 0.29) is 5.91 Å². The summed E-state index contributed by atoms with van der Waals surface area (Å²) in [6.45, 7) is 15.8. The van der Waals surface area contributed by atoms with Crippen LogP contribution in [0.2, 0.25) is 0 Å². The van der Waals surface area contributed by atoms with Crippen LogP contribution in [-0.2, 0) is 0 Å². The third kappa shape index (κ3) is 5.47. The molecule has 1 aromatic heterocycles. The second-order valence-corrected chi connectivity index (χ2v) is 8.94. The highest BCUT2D eigenvalue weighted by Gasteiger charge is 2.23. The van der Waals surface area contributed by atoms with Crippen LogP contribution in [0.3, 0.4) is 0 Å². The highest BCUT2D eigenvalue weighted by Crippen LogP contribution is 2.36. The number of likely N-dealkylation sites (N-methyl/N-ethyl adjacent to an activating group) is 1. The van der Waals surface area contributed by atoms with Gasteiger partial charge in [-0.25, -0.2) is 4.98 Å². The minimum absolute atomic E-state index is 0.0241. The molecule has 1 amide bonds. The molecule has 0 aliphatic heterocycles. The monoisotopic (exact) mass is 468 g/mol. The Morgan fingerprint density at radius 1 is 0.939 bits per heavy atom. The summed E-state index contributed by atoms with van der Waals surface area (Å²) in [5.74, 6) is 0.710. The van der Waals surface area contributed by atoms with Crippen LogP contribution >= 0.6 is 11.3 Å². The summed E-state index contributed by atoms with van der Waals surface area (Å²) >= 11 is 1.55. The van der Waals surface area contributed by atoms with Crippen molar-refractivity contribution >= 4 is 38.3 Å². The molecule has 0 fully saturated rings. The standard InChI is InChI=1S/C26H36N4O2S/c1-7-28(8-2)17-18-30(25(31)20-12-14-21(15-13-20)29(9-3)10-4)26-27-23-22(32-6)16-11-19(5)24(23)33-26/h11-16H,7-10,17-18H2,1-6H3. The van der Waals surface area contributed by atoms with Crippen LogP contribution in [0.4, 0.5) is 10.8 Å². The van der Waals surface area contributed by atoms with Crippen molar-refractivity contribution in [3.8, 4) is 5.75 Å². The van der Waals surface area contributed by atoms with Gasteiger partial charge in [-0.2, -0.15) is 0 Å². The molecule has 6 nitrogen and oxygen atoms in total. The second kappa shape index (κ2) is 11.5. The number of anilines is 2. The number of methoxy groups -OCH3 is 1. The molecule has 1 heterocycles. The van der Waals surface area contributed by atoms with E-state index in [1.54, 1.807) is 18.4 Å². The van der Waals surface area contributed by atoms with Crippen molar-refractivity contribution in [3.05, 3.63) is 47.5 Å². The number of rotatable bonds is 11. The van der Waals surface area contributed by atoms with Crippen molar-refractivity contribution in [2.75, 3.05) is 56.2 Å². The van der Waals surface area contributed by atoms with Crippen LogP contribution in [0.1, 0.15) is 43.6 Å². The van der Waals surface area contributed by atoms with Gasteiger partial charge in [-0.15, -0.1) is 0 Å². The van der Waals surface area contributed by atoms with Gasteiger partial charge in [0.2, 0.25) is 0 Å². The zero-order valence-corrected chi connectivity index (χ0v) is 21.5. The first kappa shape index (κ1) is 25.0. The van der Waals surface area contributed by atoms with Crippen LogP contribution in [-0.4, -0.2) is 62.2 Å². The van der Waals surface area contributed by atoms with Gasteiger partial charge >= 0.3 is 0 Å². The molecule has 0 spiro atoms. The molecule has 0 saturated carbocycles. The fraction of sp³-hybridized carbons (Fsp3) is 0.462. The maximum atomic E-state index is 13.7. The van der Waals surface area contributed by atoms with Gasteiger partial charge in [0, 0.05) is 37.4 Å². The van der Waals surface area contributed by atoms with E-state index in [4.69, 9.17) is 9.72 Å². The van der Waals surface area contributed by atoms with E-state index in [0.717, 1.165) is 59.9 Å². The number of benzene rings is 2. The minimum atomic E-state index is -0.0241. The smallest absolute Gasteiger partial charge is 0.260 e. The summed E-state index contributed by atoms with van der Waals surface area (Å²) in [5.41, 5.74) is 3.75. The Morgan fingerprint density at radius 3 is 2.18 bits per heavy atom. The summed E-state index contributed by atoms with van der Waals surface area (Å²) in [5, 5.41) is 0.711. The third-order valence-corrected chi connectivity index (χ3v) is 7.38. The number of aryl methyl sites for hydroxylation is 1. The SMILES string of the molecule is CCN(CC)CCN(C(=O)c1ccc(N(CC)CC)cc1)c1nc2c(OC)ccc(C)c2s1. The fourth-order valence-corrected chi connectivity index (χ4v) is 5.08. The number of nitrogens with zero attached hydrogens (tertiary/aromatic N) is 4. The first-order valence-electron chi connectivity index (χ1n) is 11.8. The molecule has 0 aliphatic carbocycles. The van der Waals surface area contributed by atoms with Crippen molar-refractivity contribution in [1.82, 2.24) is 9.88 Å². The highest BCUT2D eigenvalue weighted by atomic mass is 32.1. The average Bonchev–Trinajstić information content (AvgIpc) is 3.29. The zero-order chi connectivity index (χ0) is 24.0. The Kier molecular flexibility index (Phi) is 8.69. The summed E-state index contributed by atoms with van der Waals surface area (Å²) in [6, 6.07) is 11.9. The first-order valence-corrected chi connectivity index (χ1v) is 12.6. The molecule has 3 rings (SSSR count). The quantitative estimate of drug-likeness (QED) is 0.375. The normalized spacial score (nSPS) is 11.2. The van der Waals surface area contributed by atoms with Crippen molar-refractivity contribution < 1.29 is 9.53 Å². The van der Waals surface area contributed by atoms with Crippen molar-refractivity contribution in [2.45, 2.75) is 34.6 Å². The van der Waals surface area contributed by atoms with Crippen LogP contribution in [0.25, 0.3) is 10.2 Å².